The van der Waals surface area contributed by atoms with Gasteiger partial charge in [-0.2, -0.15) is 0 Å². The molecule has 0 aliphatic heterocycles. The fraction of sp³-hybridized carbons (Fsp3) is 0.417. The Bertz CT molecular complexity index is 448. The van der Waals surface area contributed by atoms with Crippen LogP contribution < -0.4 is 15.8 Å². The molecule has 20 heavy (non-hydrogen) atoms. The molecule has 1 aromatic rings. The van der Waals surface area contributed by atoms with Gasteiger partial charge in [0, 0.05) is 25.3 Å². The Balaban J connectivity index is 2.64. The Kier molecular flexibility index (Phi) is 5.20. The van der Waals surface area contributed by atoms with Gasteiger partial charge in [-0.25, -0.2) is 4.79 Å². The lowest BCUT2D eigenvalue weighted by molar-refractivity contribution is -0.274. The molecule has 1 unspecified atom stereocenters. The predicted molar refractivity (Wildman–Crippen MR) is 68.4 cm³/mol. The largest absolute Gasteiger partial charge is 0.573 e. The molecule has 0 spiro atoms. The van der Waals surface area contributed by atoms with Crippen molar-refractivity contribution in [3.63, 3.8) is 0 Å². The lowest BCUT2D eigenvalue weighted by atomic mass is 10.3. The first kappa shape index (κ1) is 16.1. The summed E-state index contributed by atoms with van der Waals surface area (Å²) in [6, 6.07) is 4.33. The van der Waals surface area contributed by atoms with E-state index in [1.54, 1.807) is 14.0 Å². The molecule has 0 aliphatic rings. The molecule has 0 aliphatic carbocycles. The lowest BCUT2D eigenvalue weighted by Gasteiger charge is -2.23. The number of hydrogen-bond acceptors (Lipinski definition) is 3. The number of ether oxygens (including phenoxy) is 1. The number of alkyl halides is 3. The van der Waals surface area contributed by atoms with Crippen LogP contribution in [-0.2, 0) is 0 Å². The number of nitrogens with two attached hydrogens (primary N) is 1. The fourth-order valence-electron chi connectivity index (χ4n) is 1.31. The molecule has 0 saturated heterocycles. The van der Waals surface area contributed by atoms with E-state index in [9.17, 15) is 18.0 Å². The van der Waals surface area contributed by atoms with Gasteiger partial charge in [-0.1, -0.05) is 0 Å². The molecule has 2 amide bonds. The minimum absolute atomic E-state index is 0.150. The molecule has 3 N–H and O–H groups in total. The molecule has 1 atom stereocenters. The zero-order valence-electron chi connectivity index (χ0n) is 11.1. The quantitative estimate of drug-likeness (QED) is 0.895. The maximum Gasteiger partial charge on any atom is 0.573 e. The van der Waals surface area contributed by atoms with E-state index < -0.39 is 12.4 Å². The Labute approximate surface area is 114 Å². The molecule has 0 radical (unpaired) electrons. The van der Waals surface area contributed by atoms with E-state index in [2.05, 4.69) is 10.1 Å². The lowest BCUT2D eigenvalue weighted by Crippen LogP contribution is -2.42. The van der Waals surface area contributed by atoms with Crippen molar-refractivity contribution in [2.75, 3.05) is 18.9 Å². The number of benzene rings is 1. The Morgan fingerprint density at radius 3 is 2.40 bits per heavy atom. The maximum atomic E-state index is 12.0. The van der Waals surface area contributed by atoms with Crippen molar-refractivity contribution in [3.05, 3.63) is 24.3 Å². The number of rotatable bonds is 4. The third-order valence-electron chi connectivity index (χ3n) is 2.66. The first-order chi connectivity index (χ1) is 9.23. The van der Waals surface area contributed by atoms with E-state index in [0.29, 0.717) is 12.2 Å². The van der Waals surface area contributed by atoms with Crippen LogP contribution >= 0.6 is 0 Å². The van der Waals surface area contributed by atoms with Crippen LogP contribution in [-0.4, -0.2) is 36.9 Å². The highest BCUT2D eigenvalue weighted by molar-refractivity contribution is 5.89. The number of anilines is 1. The number of urea groups is 1. The van der Waals surface area contributed by atoms with Gasteiger partial charge in [0.15, 0.2) is 0 Å². The standard InChI is InChI=1S/C12H16F3N3O2/c1-8(7-16)18(2)11(19)17-9-3-5-10(6-4-9)20-12(13,14)15/h3-6,8H,7,16H2,1-2H3,(H,17,19). The number of hydrogen-bond donors (Lipinski definition) is 2. The first-order valence-electron chi connectivity index (χ1n) is 5.82. The van der Waals surface area contributed by atoms with Crippen LogP contribution in [0.15, 0.2) is 24.3 Å². The molecule has 0 aromatic heterocycles. The summed E-state index contributed by atoms with van der Waals surface area (Å²) in [5.74, 6) is -0.348. The van der Waals surface area contributed by atoms with Crippen LogP contribution in [0.2, 0.25) is 0 Å². The molecular weight excluding hydrogens is 275 g/mol. The molecule has 0 bridgehead atoms. The van der Waals surface area contributed by atoms with Crippen LogP contribution in [0.5, 0.6) is 5.75 Å². The topological polar surface area (TPSA) is 67.6 Å². The van der Waals surface area contributed by atoms with Crippen LogP contribution in [0.3, 0.4) is 0 Å². The maximum absolute atomic E-state index is 12.0. The first-order valence-corrected chi connectivity index (χ1v) is 5.82. The van der Waals surface area contributed by atoms with E-state index in [0.717, 1.165) is 12.1 Å². The van der Waals surface area contributed by atoms with E-state index in [-0.39, 0.29) is 11.8 Å². The molecule has 5 nitrogen and oxygen atoms in total. The van der Waals surface area contributed by atoms with Crippen molar-refractivity contribution in [2.45, 2.75) is 19.3 Å². The smallest absolute Gasteiger partial charge is 0.406 e. The number of amides is 2. The highest BCUT2D eigenvalue weighted by atomic mass is 19.4. The van der Waals surface area contributed by atoms with Crippen LogP contribution in [0.4, 0.5) is 23.7 Å². The monoisotopic (exact) mass is 291 g/mol. The SMILES string of the molecule is CC(CN)N(C)C(=O)Nc1ccc(OC(F)(F)F)cc1. The second-order valence-electron chi connectivity index (χ2n) is 4.20. The number of carbonyl (C=O) groups excluding carboxylic acids is 1. The average molecular weight is 291 g/mol. The van der Waals surface area contributed by atoms with Crippen LogP contribution in [0.25, 0.3) is 0 Å². The second-order valence-corrected chi connectivity index (χ2v) is 4.20. The predicted octanol–water partition coefficient (Wildman–Crippen LogP) is 2.40. The van der Waals surface area contributed by atoms with Crippen molar-refractivity contribution in [3.8, 4) is 5.75 Å². The van der Waals surface area contributed by atoms with E-state index in [1.165, 1.54) is 17.0 Å². The summed E-state index contributed by atoms with van der Waals surface area (Å²) in [5.41, 5.74) is 5.80. The van der Waals surface area contributed by atoms with Gasteiger partial charge in [-0.05, 0) is 31.2 Å². The zero-order valence-corrected chi connectivity index (χ0v) is 11.1. The van der Waals surface area contributed by atoms with Gasteiger partial charge in [0.1, 0.15) is 5.75 Å². The third-order valence-corrected chi connectivity index (χ3v) is 2.66. The highest BCUT2D eigenvalue weighted by Crippen LogP contribution is 2.24. The van der Waals surface area contributed by atoms with Gasteiger partial charge < -0.3 is 20.7 Å². The zero-order chi connectivity index (χ0) is 15.3. The molecular formula is C12H16F3N3O2. The molecule has 0 saturated carbocycles. The number of likely N-dealkylation sites (N-methyl/N-ethyl adjacent to an activating group) is 1. The normalized spacial score (nSPS) is 12.7. The Hall–Kier alpha value is -1.96. The van der Waals surface area contributed by atoms with E-state index in [1.807, 2.05) is 0 Å². The summed E-state index contributed by atoms with van der Waals surface area (Å²) >= 11 is 0. The summed E-state index contributed by atoms with van der Waals surface area (Å²) in [4.78, 5) is 13.2. The number of nitrogens with zero attached hydrogens (tertiary/aromatic N) is 1. The third kappa shape index (κ3) is 4.96. The van der Waals surface area contributed by atoms with E-state index >= 15 is 0 Å². The molecule has 0 heterocycles. The fourth-order valence-corrected chi connectivity index (χ4v) is 1.31. The summed E-state index contributed by atoms with van der Waals surface area (Å²) in [6.07, 6.45) is -4.73. The minimum atomic E-state index is -4.73. The number of carbonyl (C=O) groups is 1. The molecule has 112 valence electrons. The highest BCUT2D eigenvalue weighted by Gasteiger charge is 2.30. The summed E-state index contributed by atoms with van der Waals surface area (Å²) in [5, 5.41) is 2.54. The van der Waals surface area contributed by atoms with Crippen molar-refractivity contribution in [1.29, 1.82) is 0 Å². The molecule has 8 heteroatoms. The van der Waals surface area contributed by atoms with Crippen molar-refractivity contribution in [1.82, 2.24) is 4.90 Å². The summed E-state index contributed by atoms with van der Waals surface area (Å²) in [6.45, 7) is 2.09. The molecule has 0 fully saturated rings. The van der Waals surface area contributed by atoms with Gasteiger partial charge >= 0.3 is 12.4 Å². The van der Waals surface area contributed by atoms with Crippen molar-refractivity contribution < 1.29 is 22.7 Å². The van der Waals surface area contributed by atoms with Gasteiger partial charge in [-0.15, -0.1) is 13.2 Å². The van der Waals surface area contributed by atoms with Gasteiger partial charge in [0.25, 0.3) is 0 Å². The van der Waals surface area contributed by atoms with Gasteiger partial charge in [0.05, 0.1) is 0 Å². The molecule has 1 rings (SSSR count). The molecule has 1 aromatic carbocycles. The van der Waals surface area contributed by atoms with E-state index in [4.69, 9.17) is 5.73 Å². The number of nitrogens with one attached hydrogen (secondary N) is 1. The van der Waals surface area contributed by atoms with Crippen molar-refractivity contribution >= 4 is 11.7 Å². The second kappa shape index (κ2) is 6.47. The van der Waals surface area contributed by atoms with Crippen molar-refractivity contribution in [2.24, 2.45) is 5.73 Å². The average Bonchev–Trinajstić information content (AvgIpc) is 2.37. The summed E-state index contributed by atoms with van der Waals surface area (Å²) in [7, 11) is 1.58. The number of halogens is 3. The minimum Gasteiger partial charge on any atom is -0.406 e. The Morgan fingerprint density at radius 2 is 1.95 bits per heavy atom. The van der Waals surface area contributed by atoms with Crippen LogP contribution in [0, 0.1) is 0 Å². The van der Waals surface area contributed by atoms with Gasteiger partial charge in [0.2, 0.25) is 0 Å². The van der Waals surface area contributed by atoms with Crippen LogP contribution in [0.1, 0.15) is 6.92 Å². The Morgan fingerprint density at radius 1 is 1.40 bits per heavy atom. The summed E-state index contributed by atoms with van der Waals surface area (Å²) < 4.78 is 39.7. The van der Waals surface area contributed by atoms with Gasteiger partial charge in [-0.3, -0.25) is 0 Å².